The first-order valence-electron chi connectivity index (χ1n) is 6.86. The van der Waals surface area contributed by atoms with Crippen LogP contribution in [0, 0.1) is 0 Å². The van der Waals surface area contributed by atoms with Crippen molar-refractivity contribution in [2.45, 2.75) is 33.5 Å². The lowest BCUT2D eigenvalue weighted by molar-refractivity contribution is 0.0486. The van der Waals surface area contributed by atoms with Crippen LogP contribution in [-0.2, 0) is 31.1 Å². The molecule has 1 aromatic rings. The topological polar surface area (TPSA) is 101 Å². The molecule has 0 aliphatic heterocycles. The van der Waals surface area contributed by atoms with Gasteiger partial charge in [0, 0.05) is 12.1 Å². The van der Waals surface area contributed by atoms with E-state index >= 15 is 0 Å². The van der Waals surface area contributed by atoms with Crippen LogP contribution < -0.4 is 5.73 Å². The number of esters is 1. The number of nitrogens with two attached hydrogens (primary N) is 1. The molecule has 1 rings (SSSR count). The normalized spacial score (nSPS) is 11.6. The highest BCUT2D eigenvalue weighted by Gasteiger charge is 2.28. The number of furan rings is 1. The summed E-state index contributed by atoms with van der Waals surface area (Å²) in [6, 6.07) is 1.58. The third kappa shape index (κ3) is 4.97. The van der Waals surface area contributed by atoms with E-state index in [2.05, 4.69) is 0 Å². The van der Waals surface area contributed by atoms with Gasteiger partial charge in [-0.05, 0) is 26.8 Å². The number of carbonyl (C=O) groups excluding carboxylic acids is 1. The molecule has 8 heteroatoms. The molecule has 1 heterocycles. The van der Waals surface area contributed by atoms with Crippen LogP contribution in [-0.4, -0.2) is 25.8 Å². The first kappa shape index (κ1) is 17.9. The Kier molecular flexibility index (Phi) is 7.11. The van der Waals surface area contributed by atoms with Crippen LogP contribution in [0.3, 0.4) is 0 Å². The van der Waals surface area contributed by atoms with Gasteiger partial charge in [0.25, 0.3) is 0 Å². The van der Waals surface area contributed by atoms with Gasteiger partial charge in [0.1, 0.15) is 11.9 Å². The summed E-state index contributed by atoms with van der Waals surface area (Å²) in [5.74, 6) is -0.232. The van der Waals surface area contributed by atoms with E-state index in [0.717, 1.165) is 0 Å². The summed E-state index contributed by atoms with van der Waals surface area (Å²) in [5.41, 5.74) is 6.08. The van der Waals surface area contributed by atoms with Crippen molar-refractivity contribution in [1.82, 2.24) is 0 Å². The predicted molar refractivity (Wildman–Crippen MR) is 77.1 cm³/mol. The van der Waals surface area contributed by atoms with Crippen LogP contribution in [0.2, 0.25) is 0 Å². The average Bonchev–Trinajstić information content (AvgIpc) is 2.82. The fourth-order valence-corrected chi connectivity index (χ4v) is 3.38. The zero-order chi connectivity index (χ0) is 15.9. The fraction of sp³-hybridized carbons (Fsp3) is 0.615. The Hall–Kier alpha value is -1.14. The lowest BCUT2D eigenvalue weighted by Gasteiger charge is -2.15. The van der Waals surface area contributed by atoms with E-state index in [9.17, 15) is 9.36 Å². The Labute approximate surface area is 124 Å². The lowest BCUT2D eigenvalue weighted by Crippen LogP contribution is -2.08. The second-order valence-corrected chi connectivity index (χ2v) is 6.15. The average molecular weight is 319 g/mol. The quantitative estimate of drug-likeness (QED) is 0.551. The van der Waals surface area contributed by atoms with E-state index in [1.165, 1.54) is 0 Å². The van der Waals surface area contributed by atoms with E-state index in [-0.39, 0.29) is 38.3 Å². The van der Waals surface area contributed by atoms with E-state index < -0.39 is 13.6 Å². The van der Waals surface area contributed by atoms with Gasteiger partial charge in [0.15, 0.2) is 0 Å². The molecule has 7 nitrogen and oxygen atoms in total. The van der Waals surface area contributed by atoms with Gasteiger partial charge in [-0.3, -0.25) is 4.57 Å². The zero-order valence-electron chi connectivity index (χ0n) is 12.6. The molecule has 0 aromatic carbocycles. The Bertz CT molecular complexity index is 503. The first-order chi connectivity index (χ1) is 9.99. The second kappa shape index (κ2) is 8.34. The minimum Gasteiger partial charge on any atom is -0.460 e. The smallest absolute Gasteiger partial charge is 0.374 e. The second-order valence-electron chi connectivity index (χ2n) is 4.10. The minimum absolute atomic E-state index is 0.0360. The molecule has 120 valence electrons. The molecule has 0 atom stereocenters. The van der Waals surface area contributed by atoms with Crippen molar-refractivity contribution in [1.29, 1.82) is 0 Å². The largest absolute Gasteiger partial charge is 0.460 e. The van der Waals surface area contributed by atoms with Crippen molar-refractivity contribution in [3.8, 4) is 0 Å². The highest BCUT2D eigenvalue weighted by molar-refractivity contribution is 7.53. The molecule has 0 spiro atoms. The van der Waals surface area contributed by atoms with Gasteiger partial charge in [-0.2, -0.15) is 0 Å². The third-order valence-corrected chi connectivity index (χ3v) is 4.54. The summed E-state index contributed by atoms with van der Waals surface area (Å²) in [6.45, 7) is 6.01. The van der Waals surface area contributed by atoms with Gasteiger partial charge in [-0.15, -0.1) is 0 Å². The Morgan fingerprint density at radius 1 is 1.24 bits per heavy atom. The summed E-state index contributed by atoms with van der Waals surface area (Å²) in [6.07, 6.45) is -0.0545. The molecule has 0 unspecified atom stereocenters. The van der Waals surface area contributed by atoms with Crippen LogP contribution >= 0.6 is 7.60 Å². The maximum Gasteiger partial charge on any atom is 0.374 e. The van der Waals surface area contributed by atoms with Crippen LogP contribution in [0.25, 0.3) is 0 Å². The van der Waals surface area contributed by atoms with Crippen molar-refractivity contribution in [3.63, 3.8) is 0 Å². The summed E-state index contributed by atoms with van der Waals surface area (Å²) >= 11 is 0. The molecular weight excluding hydrogens is 297 g/mol. The van der Waals surface area contributed by atoms with Gasteiger partial charge < -0.3 is 23.9 Å². The zero-order valence-corrected chi connectivity index (χ0v) is 13.5. The van der Waals surface area contributed by atoms with Crippen molar-refractivity contribution in [2.75, 3.05) is 19.8 Å². The van der Waals surface area contributed by atoms with Gasteiger partial charge in [0.2, 0.25) is 5.76 Å². The van der Waals surface area contributed by atoms with Crippen molar-refractivity contribution in [2.24, 2.45) is 5.73 Å². The molecule has 0 amide bonds. The highest BCUT2D eigenvalue weighted by atomic mass is 31.2. The summed E-state index contributed by atoms with van der Waals surface area (Å²) in [7, 11) is -3.29. The monoisotopic (exact) mass is 319 g/mol. The Morgan fingerprint density at radius 2 is 1.86 bits per heavy atom. The lowest BCUT2D eigenvalue weighted by atomic mass is 10.2. The van der Waals surface area contributed by atoms with Crippen LogP contribution in [0.15, 0.2) is 10.5 Å². The Balaban J connectivity index is 2.98. The summed E-state index contributed by atoms with van der Waals surface area (Å²) < 4.78 is 33.1. The maximum absolute atomic E-state index is 12.4. The molecule has 0 fully saturated rings. The minimum atomic E-state index is -3.29. The van der Waals surface area contributed by atoms with Crippen molar-refractivity contribution in [3.05, 3.63) is 23.2 Å². The molecule has 0 aliphatic rings. The first-order valence-corrected chi connectivity index (χ1v) is 8.59. The predicted octanol–water partition coefficient (Wildman–Crippen LogP) is 2.68. The number of ether oxygens (including phenoxy) is 1. The number of hydrogen-bond donors (Lipinski definition) is 1. The Morgan fingerprint density at radius 3 is 2.33 bits per heavy atom. The fourth-order valence-electron chi connectivity index (χ4n) is 1.80. The van der Waals surface area contributed by atoms with Crippen molar-refractivity contribution < 1.29 is 27.6 Å². The molecule has 0 radical (unpaired) electrons. The van der Waals surface area contributed by atoms with E-state index in [4.69, 9.17) is 23.9 Å². The van der Waals surface area contributed by atoms with Crippen molar-refractivity contribution >= 4 is 13.6 Å². The van der Waals surface area contributed by atoms with E-state index in [0.29, 0.717) is 11.3 Å². The van der Waals surface area contributed by atoms with Crippen LogP contribution in [0.4, 0.5) is 0 Å². The molecule has 0 aliphatic carbocycles. The molecule has 1 aromatic heterocycles. The standard InChI is InChI=1S/C13H22NO6P/c1-4-17-13(15)12-10(8-14)7-11(20-12)9-21(16,18-5-2)19-6-3/h7H,4-6,8-9,14H2,1-3H3. The molecule has 21 heavy (non-hydrogen) atoms. The van der Waals surface area contributed by atoms with Crippen LogP contribution in [0.5, 0.6) is 0 Å². The molecule has 0 saturated carbocycles. The van der Waals surface area contributed by atoms with E-state index in [1.54, 1.807) is 26.8 Å². The van der Waals surface area contributed by atoms with Gasteiger partial charge in [-0.25, -0.2) is 4.79 Å². The molecule has 0 saturated heterocycles. The summed E-state index contributed by atoms with van der Waals surface area (Å²) in [5, 5.41) is 0. The third-order valence-electron chi connectivity index (χ3n) is 2.54. The molecule has 0 bridgehead atoms. The molecule has 2 N–H and O–H groups in total. The highest BCUT2D eigenvalue weighted by Crippen LogP contribution is 2.51. The SMILES string of the molecule is CCOC(=O)c1oc(CP(=O)(OCC)OCC)cc1CN. The van der Waals surface area contributed by atoms with Crippen LogP contribution in [0.1, 0.15) is 42.6 Å². The van der Waals surface area contributed by atoms with Gasteiger partial charge in [0.05, 0.1) is 19.8 Å². The van der Waals surface area contributed by atoms with Gasteiger partial charge >= 0.3 is 13.6 Å². The number of hydrogen-bond acceptors (Lipinski definition) is 7. The molecular formula is C13H22NO6P. The van der Waals surface area contributed by atoms with Gasteiger partial charge in [-0.1, -0.05) is 0 Å². The van der Waals surface area contributed by atoms with E-state index in [1.807, 2.05) is 0 Å². The summed E-state index contributed by atoms with van der Waals surface area (Å²) in [4.78, 5) is 11.8. The maximum atomic E-state index is 12.4. The number of carbonyl (C=O) groups is 1. The number of rotatable bonds is 9.